The van der Waals surface area contributed by atoms with Crippen molar-refractivity contribution >= 4 is 28.9 Å². The van der Waals surface area contributed by atoms with E-state index in [2.05, 4.69) is 0 Å². The minimum atomic E-state index is -0.146. The zero-order chi connectivity index (χ0) is 9.68. The van der Waals surface area contributed by atoms with Crippen molar-refractivity contribution in [2.75, 3.05) is 6.61 Å². The molecule has 0 aliphatic heterocycles. The highest BCUT2D eigenvalue weighted by Crippen LogP contribution is 2.22. The second-order valence-corrected chi connectivity index (χ2v) is 4.31. The maximum Gasteiger partial charge on any atom is 0.306 e. The van der Waals surface area contributed by atoms with Crippen LogP contribution in [0.2, 0.25) is 4.34 Å². The van der Waals surface area contributed by atoms with E-state index < -0.39 is 0 Å². The number of carbonyl (C=O) groups excluding carboxylic acids is 1. The topological polar surface area (TPSA) is 26.3 Å². The largest absolute Gasteiger partial charge is 0.466 e. The Morgan fingerprint density at radius 2 is 2.38 bits per heavy atom. The van der Waals surface area contributed by atoms with E-state index in [1.165, 1.54) is 11.3 Å². The van der Waals surface area contributed by atoms with Crippen molar-refractivity contribution in [3.63, 3.8) is 0 Å². The molecule has 0 saturated carbocycles. The lowest BCUT2D eigenvalue weighted by molar-refractivity contribution is -0.143. The number of ether oxygens (including phenoxy) is 1. The van der Waals surface area contributed by atoms with E-state index in [1.807, 2.05) is 12.1 Å². The fraction of sp³-hybridized carbons (Fsp3) is 0.444. The summed E-state index contributed by atoms with van der Waals surface area (Å²) in [4.78, 5) is 12.1. The molecule has 1 aromatic rings. The molecular weight excluding hydrogens is 208 g/mol. The molecule has 1 heterocycles. The van der Waals surface area contributed by atoms with E-state index in [9.17, 15) is 4.79 Å². The van der Waals surface area contributed by atoms with Gasteiger partial charge in [0.2, 0.25) is 0 Å². The molecular formula is C9H11ClO2S. The second kappa shape index (κ2) is 5.25. The predicted octanol–water partition coefficient (Wildman–Crippen LogP) is 2.90. The first-order chi connectivity index (χ1) is 6.22. The monoisotopic (exact) mass is 218 g/mol. The van der Waals surface area contributed by atoms with Gasteiger partial charge in [-0.2, -0.15) is 0 Å². The zero-order valence-electron chi connectivity index (χ0n) is 7.38. The maximum atomic E-state index is 11.0. The molecule has 0 aromatic carbocycles. The van der Waals surface area contributed by atoms with Crippen LogP contribution < -0.4 is 0 Å². The third-order valence-electron chi connectivity index (χ3n) is 1.51. The molecule has 4 heteroatoms. The van der Waals surface area contributed by atoms with Crippen LogP contribution in [-0.2, 0) is 16.0 Å². The summed E-state index contributed by atoms with van der Waals surface area (Å²) < 4.78 is 5.57. The van der Waals surface area contributed by atoms with Gasteiger partial charge in [0.1, 0.15) is 0 Å². The molecule has 2 nitrogen and oxygen atoms in total. The molecule has 0 unspecified atom stereocenters. The van der Waals surface area contributed by atoms with Gasteiger partial charge in [0.05, 0.1) is 17.4 Å². The Hall–Kier alpha value is -0.540. The lowest BCUT2D eigenvalue weighted by Crippen LogP contribution is -2.04. The molecule has 0 radical (unpaired) electrons. The summed E-state index contributed by atoms with van der Waals surface area (Å²) in [6.07, 6.45) is 1.15. The van der Waals surface area contributed by atoms with Crippen LogP contribution in [0.3, 0.4) is 0 Å². The van der Waals surface area contributed by atoms with Crippen molar-refractivity contribution in [2.24, 2.45) is 0 Å². The molecule has 72 valence electrons. The van der Waals surface area contributed by atoms with Gasteiger partial charge in [-0.15, -0.1) is 11.3 Å². The first-order valence-electron chi connectivity index (χ1n) is 4.12. The summed E-state index contributed by atoms with van der Waals surface area (Å²) in [5.41, 5.74) is 0. The van der Waals surface area contributed by atoms with Crippen molar-refractivity contribution < 1.29 is 9.53 Å². The Balaban J connectivity index is 2.30. The fourth-order valence-corrected chi connectivity index (χ4v) is 2.03. The average molecular weight is 219 g/mol. The molecule has 0 aliphatic carbocycles. The van der Waals surface area contributed by atoms with Gasteiger partial charge in [0.15, 0.2) is 0 Å². The van der Waals surface area contributed by atoms with E-state index in [0.717, 1.165) is 15.6 Å². The number of hydrogen-bond acceptors (Lipinski definition) is 3. The van der Waals surface area contributed by atoms with Crippen LogP contribution in [0.25, 0.3) is 0 Å². The van der Waals surface area contributed by atoms with Crippen LogP contribution in [0.5, 0.6) is 0 Å². The van der Waals surface area contributed by atoms with Gasteiger partial charge in [-0.25, -0.2) is 0 Å². The van der Waals surface area contributed by atoms with E-state index >= 15 is 0 Å². The van der Waals surface area contributed by atoms with E-state index in [1.54, 1.807) is 6.92 Å². The van der Waals surface area contributed by atoms with Crippen molar-refractivity contribution in [3.8, 4) is 0 Å². The van der Waals surface area contributed by atoms with Crippen LogP contribution in [0, 0.1) is 0 Å². The number of carbonyl (C=O) groups is 1. The highest BCUT2D eigenvalue weighted by atomic mass is 35.5. The number of esters is 1. The van der Waals surface area contributed by atoms with E-state index in [0.29, 0.717) is 13.0 Å². The van der Waals surface area contributed by atoms with Crippen molar-refractivity contribution in [1.29, 1.82) is 0 Å². The Morgan fingerprint density at radius 1 is 1.62 bits per heavy atom. The van der Waals surface area contributed by atoms with Crippen molar-refractivity contribution in [1.82, 2.24) is 0 Å². The summed E-state index contributed by atoms with van der Waals surface area (Å²) >= 11 is 7.24. The molecule has 13 heavy (non-hydrogen) atoms. The first-order valence-corrected chi connectivity index (χ1v) is 5.31. The average Bonchev–Trinajstić information content (AvgIpc) is 2.49. The summed E-state index contributed by atoms with van der Waals surface area (Å²) in [6.45, 7) is 2.25. The molecule has 0 bridgehead atoms. The molecule has 0 atom stereocenters. The molecule has 1 aromatic heterocycles. The quantitative estimate of drug-likeness (QED) is 0.727. The zero-order valence-corrected chi connectivity index (χ0v) is 8.95. The van der Waals surface area contributed by atoms with Crippen LogP contribution in [0.1, 0.15) is 18.2 Å². The molecule has 0 saturated heterocycles. The highest BCUT2D eigenvalue weighted by Gasteiger charge is 2.03. The summed E-state index contributed by atoms with van der Waals surface area (Å²) in [5, 5.41) is 0. The molecule has 0 N–H and O–H groups in total. The Bertz CT molecular complexity index is 283. The van der Waals surface area contributed by atoms with Crippen LogP contribution in [0.15, 0.2) is 12.1 Å². The lowest BCUT2D eigenvalue weighted by atomic mass is 10.3. The molecule has 1 rings (SSSR count). The predicted molar refractivity (Wildman–Crippen MR) is 54.3 cm³/mol. The third kappa shape index (κ3) is 3.79. The van der Waals surface area contributed by atoms with Gasteiger partial charge in [0.25, 0.3) is 0 Å². The van der Waals surface area contributed by atoms with Crippen LogP contribution >= 0.6 is 22.9 Å². The van der Waals surface area contributed by atoms with Gasteiger partial charge < -0.3 is 4.74 Å². The van der Waals surface area contributed by atoms with Gasteiger partial charge in [-0.1, -0.05) is 11.6 Å². The second-order valence-electron chi connectivity index (χ2n) is 2.51. The van der Waals surface area contributed by atoms with Crippen LogP contribution in [0.4, 0.5) is 0 Å². The Kier molecular flexibility index (Phi) is 4.25. The first kappa shape index (κ1) is 10.5. The van der Waals surface area contributed by atoms with Crippen LogP contribution in [-0.4, -0.2) is 12.6 Å². The number of rotatable bonds is 4. The standard InChI is InChI=1S/C9H11ClO2S/c1-2-12-9(11)6-4-7-3-5-8(10)13-7/h3,5H,2,4,6H2,1H3. The van der Waals surface area contributed by atoms with Gasteiger partial charge in [0, 0.05) is 4.88 Å². The normalized spacial score (nSPS) is 10.0. The fourth-order valence-electron chi connectivity index (χ4n) is 0.945. The summed E-state index contributed by atoms with van der Waals surface area (Å²) in [6, 6.07) is 3.78. The van der Waals surface area contributed by atoms with Gasteiger partial charge >= 0.3 is 5.97 Å². The molecule has 0 aliphatic rings. The number of halogens is 1. The summed E-state index contributed by atoms with van der Waals surface area (Å²) in [5.74, 6) is -0.146. The smallest absolute Gasteiger partial charge is 0.306 e. The molecule has 0 fully saturated rings. The van der Waals surface area contributed by atoms with E-state index in [4.69, 9.17) is 16.3 Å². The number of hydrogen-bond donors (Lipinski definition) is 0. The third-order valence-corrected chi connectivity index (χ3v) is 2.80. The van der Waals surface area contributed by atoms with Crippen molar-refractivity contribution in [3.05, 3.63) is 21.3 Å². The van der Waals surface area contributed by atoms with Gasteiger partial charge in [-0.3, -0.25) is 4.79 Å². The molecule has 0 spiro atoms. The van der Waals surface area contributed by atoms with E-state index in [-0.39, 0.29) is 5.97 Å². The Morgan fingerprint density at radius 3 is 2.92 bits per heavy atom. The SMILES string of the molecule is CCOC(=O)CCc1ccc(Cl)s1. The maximum absolute atomic E-state index is 11.0. The Labute approximate surface area is 86.5 Å². The minimum absolute atomic E-state index is 0.146. The molecule has 0 amide bonds. The number of aryl methyl sites for hydroxylation is 1. The highest BCUT2D eigenvalue weighted by molar-refractivity contribution is 7.16. The summed E-state index contributed by atoms with van der Waals surface area (Å²) in [7, 11) is 0. The van der Waals surface area contributed by atoms with Gasteiger partial charge in [-0.05, 0) is 25.5 Å². The van der Waals surface area contributed by atoms with Crippen molar-refractivity contribution in [2.45, 2.75) is 19.8 Å². The minimum Gasteiger partial charge on any atom is -0.466 e. The lowest BCUT2D eigenvalue weighted by Gasteiger charge is -1.99. The number of thiophene rings is 1.